The zero-order valence-corrected chi connectivity index (χ0v) is 13.5. The minimum absolute atomic E-state index is 0.0155. The maximum atomic E-state index is 13.3. The Hall–Kier alpha value is -1.26. The van der Waals surface area contributed by atoms with Crippen LogP contribution >= 0.6 is 15.9 Å². The van der Waals surface area contributed by atoms with Crippen molar-refractivity contribution >= 4 is 15.9 Å². The number of hydrogen-bond acceptors (Lipinski definition) is 1. The molecule has 2 aromatic rings. The molecule has 0 saturated carbocycles. The van der Waals surface area contributed by atoms with Crippen molar-refractivity contribution in [2.45, 2.75) is 25.8 Å². The molecule has 0 bridgehead atoms. The summed E-state index contributed by atoms with van der Waals surface area (Å²) in [6.07, 6.45) is 1.65. The highest BCUT2D eigenvalue weighted by molar-refractivity contribution is 9.10. The van der Waals surface area contributed by atoms with Gasteiger partial charge >= 0.3 is 0 Å². The second kappa shape index (κ2) is 7.66. The second-order valence-electron chi connectivity index (χ2n) is 5.01. The molecule has 0 saturated heterocycles. The molecule has 1 unspecified atom stereocenters. The highest BCUT2D eigenvalue weighted by Gasteiger charge is 2.15. The maximum Gasteiger partial charge on any atom is 0.124 e. The highest BCUT2D eigenvalue weighted by Crippen LogP contribution is 2.27. The Kier molecular flexibility index (Phi) is 5.88. The van der Waals surface area contributed by atoms with Gasteiger partial charge in [-0.25, -0.2) is 8.78 Å². The first kappa shape index (κ1) is 16.1. The van der Waals surface area contributed by atoms with E-state index in [4.69, 9.17) is 0 Å². The summed E-state index contributed by atoms with van der Waals surface area (Å²) in [5.74, 6) is -0.509. The minimum atomic E-state index is -0.273. The molecule has 0 aliphatic heterocycles. The van der Waals surface area contributed by atoms with Gasteiger partial charge in [0, 0.05) is 10.5 Å². The first-order chi connectivity index (χ1) is 10.1. The van der Waals surface area contributed by atoms with Crippen molar-refractivity contribution in [1.82, 2.24) is 5.32 Å². The van der Waals surface area contributed by atoms with Crippen molar-refractivity contribution < 1.29 is 8.78 Å². The van der Waals surface area contributed by atoms with Gasteiger partial charge in [0.1, 0.15) is 11.6 Å². The third kappa shape index (κ3) is 4.61. The van der Waals surface area contributed by atoms with Gasteiger partial charge in [0.05, 0.1) is 0 Å². The first-order valence-electron chi connectivity index (χ1n) is 7.03. The quantitative estimate of drug-likeness (QED) is 0.769. The lowest BCUT2D eigenvalue weighted by molar-refractivity contribution is 0.523. The van der Waals surface area contributed by atoms with E-state index in [1.54, 1.807) is 12.1 Å². The molecule has 2 aromatic carbocycles. The fraction of sp³-hybridized carbons (Fsp3) is 0.294. The third-order valence-corrected chi connectivity index (χ3v) is 3.99. The van der Waals surface area contributed by atoms with E-state index in [-0.39, 0.29) is 17.7 Å². The third-order valence-electron chi connectivity index (χ3n) is 3.31. The van der Waals surface area contributed by atoms with Gasteiger partial charge in [0.15, 0.2) is 0 Å². The lowest BCUT2D eigenvalue weighted by Gasteiger charge is -2.20. The molecule has 0 amide bonds. The van der Waals surface area contributed by atoms with E-state index >= 15 is 0 Å². The van der Waals surface area contributed by atoms with Crippen molar-refractivity contribution in [2.75, 3.05) is 6.54 Å². The Balaban J connectivity index is 2.25. The molecule has 0 aliphatic rings. The summed E-state index contributed by atoms with van der Waals surface area (Å²) in [5, 5.41) is 3.44. The smallest absolute Gasteiger partial charge is 0.124 e. The monoisotopic (exact) mass is 353 g/mol. The van der Waals surface area contributed by atoms with E-state index in [1.807, 2.05) is 6.07 Å². The van der Waals surface area contributed by atoms with Crippen LogP contribution in [-0.2, 0) is 6.42 Å². The van der Waals surface area contributed by atoms with E-state index in [0.717, 1.165) is 28.6 Å². The van der Waals surface area contributed by atoms with Crippen LogP contribution in [0.5, 0.6) is 0 Å². The average molecular weight is 354 g/mol. The summed E-state index contributed by atoms with van der Waals surface area (Å²) in [4.78, 5) is 0. The molecule has 112 valence electrons. The fourth-order valence-electron chi connectivity index (χ4n) is 2.29. The molecule has 1 nitrogen and oxygen atoms in total. The summed E-state index contributed by atoms with van der Waals surface area (Å²) in [6.45, 7) is 2.94. The predicted octanol–water partition coefficient (Wildman–Crippen LogP) is 5.01. The van der Waals surface area contributed by atoms with E-state index in [0.29, 0.717) is 6.42 Å². The van der Waals surface area contributed by atoms with E-state index in [2.05, 4.69) is 28.2 Å². The maximum absolute atomic E-state index is 13.3. The van der Waals surface area contributed by atoms with Gasteiger partial charge in [0.25, 0.3) is 0 Å². The lowest BCUT2D eigenvalue weighted by Crippen LogP contribution is -2.24. The van der Waals surface area contributed by atoms with Gasteiger partial charge in [0.2, 0.25) is 0 Å². The zero-order valence-electron chi connectivity index (χ0n) is 11.9. The number of nitrogens with one attached hydrogen (secondary N) is 1. The summed E-state index contributed by atoms with van der Waals surface area (Å²) in [5.41, 5.74) is 1.90. The molecule has 0 aromatic heterocycles. The molecule has 21 heavy (non-hydrogen) atoms. The van der Waals surface area contributed by atoms with E-state index in [9.17, 15) is 8.78 Å². The van der Waals surface area contributed by atoms with Gasteiger partial charge in [-0.05, 0) is 54.8 Å². The van der Waals surface area contributed by atoms with Crippen LogP contribution in [0.15, 0.2) is 46.9 Å². The van der Waals surface area contributed by atoms with Crippen LogP contribution in [0, 0.1) is 11.6 Å². The van der Waals surface area contributed by atoms with Crippen LogP contribution in [0.1, 0.15) is 30.5 Å². The Labute approximate surface area is 132 Å². The standard InChI is InChI=1S/C17H18BrF2N/c1-2-8-21-17(10-12-4-3-5-13(19)9-12)15-7-6-14(20)11-16(15)18/h3-7,9,11,17,21H,2,8,10H2,1H3. The fourth-order valence-corrected chi connectivity index (χ4v) is 2.92. The molecule has 1 N–H and O–H groups in total. The Morgan fingerprint density at radius 3 is 2.52 bits per heavy atom. The van der Waals surface area contributed by atoms with Gasteiger partial charge < -0.3 is 5.32 Å². The molecular weight excluding hydrogens is 336 g/mol. The summed E-state index contributed by atoms with van der Waals surface area (Å²) >= 11 is 3.41. The summed E-state index contributed by atoms with van der Waals surface area (Å²) < 4.78 is 27.3. The second-order valence-corrected chi connectivity index (χ2v) is 5.86. The zero-order chi connectivity index (χ0) is 15.2. The molecule has 4 heteroatoms. The van der Waals surface area contributed by atoms with Crippen molar-refractivity contribution in [3.05, 3.63) is 69.7 Å². The molecular formula is C17H18BrF2N. The van der Waals surface area contributed by atoms with E-state index < -0.39 is 0 Å². The molecule has 0 radical (unpaired) electrons. The number of halogens is 3. The molecule has 0 aliphatic carbocycles. The number of hydrogen-bond donors (Lipinski definition) is 1. The van der Waals surface area contributed by atoms with Crippen LogP contribution in [0.3, 0.4) is 0 Å². The van der Waals surface area contributed by atoms with Gasteiger partial charge in [-0.3, -0.25) is 0 Å². The van der Waals surface area contributed by atoms with Gasteiger partial charge in [-0.1, -0.05) is 41.1 Å². The molecule has 0 spiro atoms. The van der Waals surface area contributed by atoms with Crippen molar-refractivity contribution in [1.29, 1.82) is 0 Å². The number of benzene rings is 2. The largest absolute Gasteiger partial charge is 0.310 e. The van der Waals surface area contributed by atoms with Crippen molar-refractivity contribution in [3.63, 3.8) is 0 Å². The van der Waals surface area contributed by atoms with Gasteiger partial charge in [-0.15, -0.1) is 0 Å². The predicted molar refractivity (Wildman–Crippen MR) is 85.2 cm³/mol. The molecule has 2 rings (SSSR count). The Bertz CT molecular complexity index is 601. The normalized spacial score (nSPS) is 12.4. The molecule has 0 fully saturated rings. The topological polar surface area (TPSA) is 12.0 Å². The summed E-state index contributed by atoms with van der Waals surface area (Å²) in [7, 11) is 0. The van der Waals surface area contributed by atoms with E-state index in [1.165, 1.54) is 24.3 Å². The van der Waals surface area contributed by atoms with Crippen LogP contribution < -0.4 is 5.32 Å². The number of rotatable bonds is 6. The van der Waals surface area contributed by atoms with Crippen LogP contribution in [-0.4, -0.2) is 6.54 Å². The Morgan fingerprint density at radius 1 is 1.10 bits per heavy atom. The van der Waals surface area contributed by atoms with Crippen LogP contribution in [0.2, 0.25) is 0 Å². The summed E-state index contributed by atoms with van der Waals surface area (Å²) in [6, 6.07) is 11.3. The van der Waals surface area contributed by atoms with Crippen molar-refractivity contribution in [3.8, 4) is 0 Å². The first-order valence-corrected chi connectivity index (χ1v) is 7.82. The molecule has 1 atom stereocenters. The Morgan fingerprint density at radius 2 is 1.86 bits per heavy atom. The molecule has 0 heterocycles. The minimum Gasteiger partial charge on any atom is -0.310 e. The lowest BCUT2D eigenvalue weighted by atomic mass is 9.98. The van der Waals surface area contributed by atoms with Crippen molar-refractivity contribution in [2.24, 2.45) is 0 Å². The van der Waals surface area contributed by atoms with Crippen LogP contribution in [0.4, 0.5) is 8.78 Å². The van der Waals surface area contributed by atoms with Crippen LogP contribution in [0.25, 0.3) is 0 Å². The highest BCUT2D eigenvalue weighted by atomic mass is 79.9. The average Bonchev–Trinajstić information content (AvgIpc) is 2.44. The van der Waals surface area contributed by atoms with Gasteiger partial charge in [-0.2, -0.15) is 0 Å². The SMILES string of the molecule is CCCNC(Cc1cccc(F)c1)c1ccc(F)cc1Br.